The summed E-state index contributed by atoms with van der Waals surface area (Å²) in [6.07, 6.45) is 0. The smallest absolute Gasteiger partial charge is 0.273 e. The molecular formula is C18H23FN4O2. The molecule has 0 spiro atoms. The molecule has 0 atom stereocenters. The fourth-order valence-corrected chi connectivity index (χ4v) is 2.29. The van der Waals surface area contributed by atoms with E-state index in [-0.39, 0.29) is 17.9 Å². The van der Waals surface area contributed by atoms with Gasteiger partial charge in [-0.25, -0.2) is 4.39 Å². The fraction of sp³-hybridized carbons (Fsp3) is 0.389. The van der Waals surface area contributed by atoms with Crippen LogP contribution >= 0.6 is 0 Å². The van der Waals surface area contributed by atoms with E-state index in [1.807, 2.05) is 20.8 Å². The van der Waals surface area contributed by atoms with Crippen molar-refractivity contribution in [2.24, 2.45) is 5.16 Å². The molecule has 1 heterocycles. The van der Waals surface area contributed by atoms with Crippen molar-refractivity contribution in [2.75, 3.05) is 12.0 Å². The van der Waals surface area contributed by atoms with Gasteiger partial charge in [0.1, 0.15) is 12.4 Å². The van der Waals surface area contributed by atoms with Crippen LogP contribution in [0.25, 0.3) is 0 Å². The number of oxime groups is 1. The van der Waals surface area contributed by atoms with E-state index >= 15 is 0 Å². The zero-order valence-corrected chi connectivity index (χ0v) is 14.9. The van der Waals surface area contributed by atoms with Crippen LogP contribution in [0.5, 0.6) is 0 Å². The van der Waals surface area contributed by atoms with Gasteiger partial charge < -0.3 is 10.5 Å². The SMILES string of the molecule is C/C(=N\O)c1cccc(NC(=O)c2cc(C(C)(C)C)nn2CCF)c1. The monoisotopic (exact) mass is 346 g/mol. The molecule has 6 nitrogen and oxygen atoms in total. The van der Waals surface area contributed by atoms with Crippen LogP contribution in [0, 0.1) is 0 Å². The minimum atomic E-state index is -0.604. The molecule has 2 N–H and O–H groups in total. The van der Waals surface area contributed by atoms with Crippen molar-refractivity contribution in [1.82, 2.24) is 9.78 Å². The van der Waals surface area contributed by atoms with Gasteiger partial charge in [0.15, 0.2) is 0 Å². The van der Waals surface area contributed by atoms with Crippen LogP contribution < -0.4 is 5.32 Å². The highest BCUT2D eigenvalue weighted by atomic mass is 19.1. The number of aryl methyl sites for hydroxylation is 1. The molecule has 134 valence electrons. The maximum absolute atomic E-state index is 12.8. The van der Waals surface area contributed by atoms with Gasteiger partial charge in [0.25, 0.3) is 5.91 Å². The quantitative estimate of drug-likeness (QED) is 0.493. The Morgan fingerprint density at radius 3 is 2.68 bits per heavy atom. The minimum Gasteiger partial charge on any atom is -0.411 e. The molecule has 0 unspecified atom stereocenters. The Hall–Kier alpha value is -2.70. The highest BCUT2D eigenvalue weighted by Crippen LogP contribution is 2.22. The molecule has 0 aliphatic heterocycles. The molecule has 0 radical (unpaired) electrons. The van der Waals surface area contributed by atoms with Crippen molar-refractivity contribution < 1.29 is 14.4 Å². The van der Waals surface area contributed by atoms with E-state index < -0.39 is 6.67 Å². The van der Waals surface area contributed by atoms with Crippen LogP contribution in [0.15, 0.2) is 35.5 Å². The minimum absolute atomic E-state index is 0.0230. The second kappa shape index (κ2) is 7.46. The van der Waals surface area contributed by atoms with E-state index in [1.54, 1.807) is 37.3 Å². The molecule has 1 aromatic heterocycles. The van der Waals surface area contributed by atoms with Crippen LogP contribution in [0.3, 0.4) is 0 Å². The number of anilines is 1. The molecule has 0 fully saturated rings. The van der Waals surface area contributed by atoms with Gasteiger partial charge in [0, 0.05) is 16.7 Å². The average molecular weight is 346 g/mol. The second-order valence-corrected chi connectivity index (χ2v) is 6.80. The third kappa shape index (κ3) is 4.43. The van der Waals surface area contributed by atoms with Gasteiger partial charge >= 0.3 is 0 Å². The van der Waals surface area contributed by atoms with Crippen molar-refractivity contribution in [2.45, 2.75) is 39.7 Å². The number of alkyl halides is 1. The Kier molecular flexibility index (Phi) is 5.56. The molecule has 2 rings (SSSR count). The first-order chi connectivity index (χ1) is 11.8. The summed E-state index contributed by atoms with van der Waals surface area (Å²) in [4.78, 5) is 12.6. The van der Waals surface area contributed by atoms with Gasteiger partial charge in [-0.15, -0.1) is 0 Å². The third-order valence-electron chi connectivity index (χ3n) is 3.77. The zero-order valence-electron chi connectivity index (χ0n) is 14.9. The van der Waals surface area contributed by atoms with Crippen LogP contribution in [-0.2, 0) is 12.0 Å². The molecule has 0 saturated carbocycles. The Bertz CT molecular complexity index is 791. The topological polar surface area (TPSA) is 79.5 Å². The van der Waals surface area contributed by atoms with E-state index in [0.717, 1.165) is 5.69 Å². The Morgan fingerprint density at radius 1 is 1.36 bits per heavy atom. The molecule has 1 amide bonds. The van der Waals surface area contributed by atoms with E-state index in [9.17, 15) is 9.18 Å². The van der Waals surface area contributed by atoms with Crippen LogP contribution in [0.4, 0.5) is 10.1 Å². The van der Waals surface area contributed by atoms with Crippen molar-refractivity contribution >= 4 is 17.3 Å². The predicted octanol–water partition coefficient (Wildman–Crippen LogP) is 3.60. The Balaban J connectivity index is 2.30. The lowest BCUT2D eigenvalue weighted by atomic mass is 9.92. The van der Waals surface area contributed by atoms with Crippen molar-refractivity contribution in [3.8, 4) is 0 Å². The van der Waals surface area contributed by atoms with Crippen molar-refractivity contribution in [3.63, 3.8) is 0 Å². The first-order valence-electron chi connectivity index (χ1n) is 8.01. The van der Waals surface area contributed by atoms with Gasteiger partial charge in [0.2, 0.25) is 0 Å². The molecule has 0 aliphatic carbocycles. The zero-order chi connectivity index (χ0) is 18.6. The van der Waals surface area contributed by atoms with Gasteiger partial charge in [0.05, 0.1) is 18.0 Å². The number of aromatic nitrogens is 2. The Morgan fingerprint density at radius 2 is 2.08 bits per heavy atom. The number of nitrogens with one attached hydrogen (secondary N) is 1. The molecule has 7 heteroatoms. The van der Waals surface area contributed by atoms with E-state index in [0.29, 0.717) is 22.7 Å². The summed E-state index contributed by atoms with van der Waals surface area (Å²) in [5, 5.41) is 19.2. The molecular weight excluding hydrogens is 323 g/mol. The van der Waals surface area contributed by atoms with E-state index in [4.69, 9.17) is 5.21 Å². The van der Waals surface area contributed by atoms with Crippen LogP contribution in [0.1, 0.15) is 49.4 Å². The van der Waals surface area contributed by atoms with Crippen LogP contribution in [0.2, 0.25) is 0 Å². The van der Waals surface area contributed by atoms with E-state index in [1.165, 1.54) is 4.68 Å². The summed E-state index contributed by atoms with van der Waals surface area (Å²) in [6, 6.07) is 8.64. The normalized spacial score (nSPS) is 12.3. The first-order valence-corrected chi connectivity index (χ1v) is 8.01. The fourth-order valence-electron chi connectivity index (χ4n) is 2.29. The second-order valence-electron chi connectivity index (χ2n) is 6.80. The molecule has 1 aromatic carbocycles. The number of carbonyl (C=O) groups excluding carboxylic acids is 1. The first kappa shape index (κ1) is 18.6. The lowest BCUT2D eigenvalue weighted by molar-refractivity contribution is 0.101. The summed E-state index contributed by atoms with van der Waals surface area (Å²) in [5.74, 6) is -0.368. The molecule has 0 aliphatic rings. The number of benzene rings is 1. The van der Waals surface area contributed by atoms with Gasteiger partial charge in [-0.2, -0.15) is 5.10 Å². The van der Waals surface area contributed by atoms with Gasteiger partial charge in [-0.3, -0.25) is 9.48 Å². The standard InChI is InChI=1S/C18H23FN4O2/c1-12(22-25)13-6-5-7-14(10-13)20-17(24)15-11-16(18(2,3)4)21-23(15)9-8-19/h5-7,10-11,25H,8-9H2,1-4H3,(H,20,24)/b22-12+. The molecule has 25 heavy (non-hydrogen) atoms. The lowest BCUT2D eigenvalue weighted by Crippen LogP contribution is -2.18. The molecule has 0 saturated heterocycles. The molecule has 0 bridgehead atoms. The van der Waals surface area contributed by atoms with Gasteiger partial charge in [-0.1, -0.05) is 38.1 Å². The number of rotatable bonds is 5. The van der Waals surface area contributed by atoms with Crippen molar-refractivity contribution in [1.29, 1.82) is 0 Å². The number of nitrogens with zero attached hydrogens (tertiary/aromatic N) is 3. The highest BCUT2D eigenvalue weighted by Gasteiger charge is 2.23. The summed E-state index contributed by atoms with van der Waals surface area (Å²) in [6.45, 7) is 7.03. The maximum Gasteiger partial charge on any atom is 0.273 e. The van der Waals surface area contributed by atoms with Crippen molar-refractivity contribution in [3.05, 3.63) is 47.3 Å². The highest BCUT2D eigenvalue weighted by molar-refractivity contribution is 6.04. The maximum atomic E-state index is 12.8. The molecule has 2 aromatic rings. The predicted molar refractivity (Wildman–Crippen MR) is 95.3 cm³/mol. The van der Waals surface area contributed by atoms with Crippen LogP contribution in [-0.4, -0.2) is 33.3 Å². The number of hydrogen-bond acceptors (Lipinski definition) is 4. The number of amides is 1. The summed E-state index contributed by atoms with van der Waals surface area (Å²) < 4.78 is 14.2. The average Bonchev–Trinajstić information content (AvgIpc) is 2.99. The lowest BCUT2D eigenvalue weighted by Gasteiger charge is -2.13. The largest absolute Gasteiger partial charge is 0.411 e. The third-order valence-corrected chi connectivity index (χ3v) is 3.77. The number of carbonyl (C=O) groups is 1. The Labute approximate surface area is 146 Å². The number of hydrogen-bond donors (Lipinski definition) is 2. The summed E-state index contributed by atoms with van der Waals surface area (Å²) in [5.41, 5.74) is 2.46. The number of halogens is 1. The summed E-state index contributed by atoms with van der Waals surface area (Å²) in [7, 11) is 0. The summed E-state index contributed by atoms with van der Waals surface area (Å²) >= 11 is 0. The van der Waals surface area contributed by atoms with E-state index in [2.05, 4.69) is 15.6 Å². The van der Waals surface area contributed by atoms with Gasteiger partial charge in [-0.05, 0) is 25.1 Å².